The van der Waals surface area contributed by atoms with Gasteiger partial charge in [0.2, 0.25) is 0 Å². The molecular weight excluding hydrogens is 336 g/mol. The van der Waals surface area contributed by atoms with Crippen LogP contribution in [0.4, 0.5) is 9.59 Å². The van der Waals surface area contributed by atoms with Crippen molar-refractivity contribution in [2.75, 3.05) is 38.7 Å². The Morgan fingerprint density at radius 3 is 1.96 bits per heavy atom. The highest BCUT2D eigenvalue weighted by atomic mass is 32.1. The number of carbonyl (C=O) groups excluding carboxylic acids is 3. The Labute approximate surface area is 148 Å². The molecule has 2 amide bonds. The standard InChI is InChI=1S/C13H22N2O6S.C2H6/c1-2-11(16)19-9-6-15-13(18)21-8-4-7-20-12(17)14-5-3-10-22;1-2/h2,22H,1,3-10H2,(H,14,17)(H,15,18);1-2H3. The second kappa shape index (κ2) is 19.1. The van der Waals surface area contributed by atoms with Crippen LogP contribution in [0.2, 0.25) is 0 Å². The van der Waals surface area contributed by atoms with Crippen LogP contribution in [0.1, 0.15) is 26.7 Å². The van der Waals surface area contributed by atoms with E-state index in [1.807, 2.05) is 13.8 Å². The average molecular weight is 364 g/mol. The van der Waals surface area contributed by atoms with Crippen molar-refractivity contribution in [1.82, 2.24) is 10.6 Å². The summed E-state index contributed by atoms with van der Waals surface area (Å²) in [5.41, 5.74) is 0. The maximum atomic E-state index is 11.2. The van der Waals surface area contributed by atoms with Crippen LogP contribution in [0.15, 0.2) is 12.7 Å². The third-order valence-electron chi connectivity index (χ3n) is 2.14. The van der Waals surface area contributed by atoms with Crippen LogP contribution >= 0.6 is 12.6 Å². The van der Waals surface area contributed by atoms with Gasteiger partial charge in [-0.05, 0) is 12.2 Å². The van der Waals surface area contributed by atoms with E-state index in [1.165, 1.54) is 0 Å². The summed E-state index contributed by atoms with van der Waals surface area (Å²) in [4.78, 5) is 33.1. The Morgan fingerprint density at radius 1 is 0.917 bits per heavy atom. The van der Waals surface area contributed by atoms with Crippen LogP contribution in [0, 0.1) is 0 Å². The molecule has 0 saturated heterocycles. The van der Waals surface area contributed by atoms with Gasteiger partial charge in [-0.3, -0.25) is 0 Å². The van der Waals surface area contributed by atoms with Gasteiger partial charge in [-0.2, -0.15) is 12.6 Å². The lowest BCUT2D eigenvalue weighted by Crippen LogP contribution is -2.29. The Hall–Kier alpha value is -1.90. The Kier molecular flexibility index (Phi) is 19.4. The molecule has 2 N–H and O–H groups in total. The Balaban J connectivity index is 0. The molecule has 140 valence electrons. The van der Waals surface area contributed by atoms with E-state index in [9.17, 15) is 14.4 Å². The average Bonchev–Trinajstić information content (AvgIpc) is 2.60. The van der Waals surface area contributed by atoms with E-state index in [1.54, 1.807) is 0 Å². The van der Waals surface area contributed by atoms with Gasteiger partial charge in [0.05, 0.1) is 19.8 Å². The zero-order chi connectivity index (χ0) is 18.6. The van der Waals surface area contributed by atoms with E-state index in [0.29, 0.717) is 18.7 Å². The third-order valence-corrected chi connectivity index (χ3v) is 2.46. The van der Waals surface area contributed by atoms with E-state index in [2.05, 4.69) is 34.6 Å². The van der Waals surface area contributed by atoms with Crippen LogP contribution in [0.25, 0.3) is 0 Å². The molecule has 0 fully saturated rings. The Bertz CT molecular complexity index is 366. The molecule has 0 aromatic carbocycles. The lowest BCUT2D eigenvalue weighted by molar-refractivity contribution is -0.137. The molecule has 9 heteroatoms. The fourth-order valence-corrected chi connectivity index (χ4v) is 1.28. The highest BCUT2D eigenvalue weighted by Gasteiger charge is 2.03. The normalized spacial score (nSPS) is 8.96. The molecule has 0 heterocycles. The van der Waals surface area contributed by atoms with Crippen LogP contribution in [-0.2, 0) is 19.0 Å². The predicted molar refractivity (Wildman–Crippen MR) is 94.3 cm³/mol. The molecule has 0 unspecified atom stereocenters. The second-order valence-corrected chi connectivity index (χ2v) is 4.37. The van der Waals surface area contributed by atoms with Crippen LogP contribution in [-0.4, -0.2) is 56.8 Å². The van der Waals surface area contributed by atoms with E-state index in [-0.39, 0.29) is 26.4 Å². The van der Waals surface area contributed by atoms with E-state index in [4.69, 9.17) is 9.47 Å². The number of carbonyl (C=O) groups is 3. The number of amides is 2. The monoisotopic (exact) mass is 364 g/mol. The summed E-state index contributed by atoms with van der Waals surface area (Å²) in [6.07, 6.45) is 1.05. The summed E-state index contributed by atoms with van der Waals surface area (Å²) in [6.45, 7) is 8.19. The zero-order valence-corrected chi connectivity index (χ0v) is 15.2. The van der Waals surface area contributed by atoms with Gasteiger partial charge in [-0.25, -0.2) is 14.4 Å². The maximum absolute atomic E-state index is 11.2. The molecule has 0 rings (SSSR count). The summed E-state index contributed by atoms with van der Waals surface area (Å²) in [6, 6.07) is 0. The maximum Gasteiger partial charge on any atom is 0.407 e. The zero-order valence-electron chi connectivity index (χ0n) is 14.3. The van der Waals surface area contributed by atoms with E-state index < -0.39 is 18.2 Å². The smallest absolute Gasteiger partial charge is 0.407 e. The number of thiol groups is 1. The minimum atomic E-state index is -0.632. The molecule has 0 bridgehead atoms. The van der Waals surface area contributed by atoms with Gasteiger partial charge in [0.25, 0.3) is 0 Å². The molecule has 8 nitrogen and oxygen atoms in total. The van der Waals surface area contributed by atoms with Crippen molar-refractivity contribution >= 4 is 30.8 Å². The van der Waals surface area contributed by atoms with Crippen molar-refractivity contribution in [1.29, 1.82) is 0 Å². The first-order chi connectivity index (χ1) is 11.6. The predicted octanol–water partition coefficient (Wildman–Crippen LogP) is 1.90. The minimum absolute atomic E-state index is 0.0372. The van der Waals surface area contributed by atoms with Crippen molar-refractivity contribution < 1.29 is 28.6 Å². The molecule has 0 aliphatic carbocycles. The molecule has 0 aliphatic rings. The number of esters is 1. The number of nitrogens with one attached hydrogen (secondary N) is 2. The van der Waals surface area contributed by atoms with Crippen molar-refractivity contribution in [3.8, 4) is 0 Å². The summed E-state index contributed by atoms with van der Waals surface area (Å²) >= 11 is 4.01. The van der Waals surface area contributed by atoms with E-state index >= 15 is 0 Å². The van der Waals surface area contributed by atoms with E-state index in [0.717, 1.165) is 12.5 Å². The lowest BCUT2D eigenvalue weighted by atomic mass is 10.5. The first kappa shape index (κ1) is 24.4. The molecular formula is C15H28N2O6S. The van der Waals surface area contributed by atoms with Gasteiger partial charge < -0.3 is 24.8 Å². The summed E-state index contributed by atoms with van der Waals surface area (Å²) < 4.78 is 14.3. The second-order valence-electron chi connectivity index (χ2n) is 3.93. The number of ether oxygens (including phenoxy) is 3. The van der Waals surface area contributed by atoms with Crippen molar-refractivity contribution in [3.63, 3.8) is 0 Å². The minimum Gasteiger partial charge on any atom is -0.461 e. The topological polar surface area (TPSA) is 103 Å². The molecule has 0 aromatic rings. The summed E-state index contributed by atoms with van der Waals surface area (Å²) in [7, 11) is 0. The first-order valence-electron chi connectivity index (χ1n) is 7.81. The number of hydrogen-bond acceptors (Lipinski definition) is 7. The SMILES string of the molecule is C=CC(=O)OCCNC(=O)OCCCOC(=O)NCCCS.CC. The third kappa shape index (κ3) is 18.1. The van der Waals surface area contributed by atoms with Gasteiger partial charge in [0.1, 0.15) is 6.61 Å². The molecule has 0 saturated carbocycles. The highest BCUT2D eigenvalue weighted by Crippen LogP contribution is 1.88. The highest BCUT2D eigenvalue weighted by molar-refractivity contribution is 7.80. The Morgan fingerprint density at radius 2 is 1.46 bits per heavy atom. The summed E-state index contributed by atoms with van der Waals surface area (Å²) in [5, 5.41) is 4.95. The van der Waals surface area contributed by atoms with Gasteiger partial charge in [-0.15, -0.1) is 0 Å². The van der Waals surface area contributed by atoms with Crippen LogP contribution in [0.3, 0.4) is 0 Å². The van der Waals surface area contributed by atoms with Crippen LogP contribution in [0.5, 0.6) is 0 Å². The quantitative estimate of drug-likeness (QED) is 0.170. The van der Waals surface area contributed by atoms with Crippen molar-refractivity contribution in [2.45, 2.75) is 26.7 Å². The largest absolute Gasteiger partial charge is 0.461 e. The number of alkyl carbamates (subject to hydrolysis) is 2. The number of rotatable bonds is 11. The lowest BCUT2D eigenvalue weighted by Gasteiger charge is -2.08. The number of hydrogen-bond donors (Lipinski definition) is 3. The van der Waals surface area contributed by atoms with Gasteiger partial charge in [0, 0.05) is 19.0 Å². The fourth-order valence-electron chi connectivity index (χ4n) is 1.12. The fraction of sp³-hybridized carbons (Fsp3) is 0.667. The van der Waals surface area contributed by atoms with Crippen LogP contribution < -0.4 is 10.6 Å². The van der Waals surface area contributed by atoms with Gasteiger partial charge >= 0.3 is 18.2 Å². The molecule has 0 aromatic heterocycles. The first-order valence-corrected chi connectivity index (χ1v) is 8.44. The van der Waals surface area contributed by atoms with Crippen molar-refractivity contribution in [2.24, 2.45) is 0 Å². The molecule has 0 spiro atoms. The molecule has 0 aliphatic heterocycles. The van der Waals surface area contributed by atoms with Gasteiger partial charge in [0.15, 0.2) is 0 Å². The van der Waals surface area contributed by atoms with Gasteiger partial charge in [-0.1, -0.05) is 20.4 Å². The summed E-state index contributed by atoms with van der Waals surface area (Å²) in [5.74, 6) is 0.135. The molecule has 24 heavy (non-hydrogen) atoms. The molecule has 0 radical (unpaired) electrons. The van der Waals surface area contributed by atoms with Crippen molar-refractivity contribution in [3.05, 3.63) is 12.7 Å². The molecule has 0 atom stereocenters.